The first-order valence-electron chi connectivity index (χ1n) is 14.9. The number of aromatic nitrogens is 1. The van der Waals surface area contributed by atoms with Gasteiger partial charge in [-0.1, -0.05) is 59.1 Å². The van der Waals surface area contributed by atoms with Crippen LogP contribution in [0.4, 0.5) is 19.0 Å². The minimum Gasteiger partial charge on any atom is -0.508 e. The van der Waals surface area contributed by atoms with Gasteiger partial charge in [0, 0.05) is 17.1 Å². The van der Waals surface area contributed by atoms with Crippen LogP contribution < -0.4 is 5.43 Å². The number of aromatic hydroxyl groups is 1. The van der Waals surface area contributed by atoms with Crippen LogP contribution in [0.2, 0.25) is 10.0 Å². The number of pyridine rings is 1. The number of fused-ring (bicyclic) bond motifs is 4. The predicted octanol–water partition coefficient (Wildman–Crippen LogP) is 5.80. The SMILES string of the molecule is Cc1cc(C2C3=CCC4C(=O)N(O)C(=O)C4C3CC3C(=O)N(Nc4ncc(C(F)(F)F)cc4Cl)C(=O)C32c2ccc(Cl)cc2)ccc1O. The first-order valence-corrected chi connectivity index (χ1v) is 15.6. The molecule has 1 aromatic heterocycles. The topological polar surface area (TPSA) is 140 Å². The summed E-state index contributed by atoms with van der Waals surface area (Å²) in [5, 5.41) is 21.4. The fraction of sp³-hybridized carbons (Fsp3) is 0.303. The highest BCUT2D eigenvalue weighted by Crippen LogP contribution is 2.64. The summed E-state index contributed by atoms with van der Waals surface area (Å²) in [7, 11) is 0. The number of hydrazine groups is 1. The van der Waals surface area contributed by atoms with Crippen LogP contribution >= 0.6 is 23.2 Å². The first kappa shape index (κ1) is 32.1. The summed E-state index contributed by atoms with van der Waals surface area (Å²) >= 11 is 12.4. The molecule has 4 amide bonds. The normalized spacial score (nSPS) is 28.3. The Bertz CT molecular complexity index is 1950. The molecule has 2 aliphatic carbocycles. The van der Waals surface area contributed by atoms with E-state index in [0.29, 0.717) is 44.6 Å². The number of aryl methyl sites for hydroxylation is 1. The first-order chi connectivity index (χ1) is 22.7. The van der Waals surface area contributed by atoms with Gasteiger partial charge in [-0.25, -0.2) is 4.98 Å². The Morgan fingerprint density at radius 1 is 0.979 bits per heavy atom. The largest absolute Gasteiger partial charge is 0.508 e. The third-order valence-electron chi connectivity index (χ3n) is 10.1. The maximum Gasteiger partial charge on any atom is 0.417 e. The van der Waals surface area contributed by atoms with Gasteiger partial charge >= 0.3 is 6.18 Å². The van der Waals surface area contributed by atoms with Crippen LogP contribution in [0.3, 0.4) is 0 Å². The number of phenols is 1. The van der Waals surface area contributed by atoms with Gasteiger partial charge in [-0.2, -0.15) is 23.2 Å². The van der Waals surface area contributed by atoms with Gasteiger partial charge < -0.3 is 5.11 Å². The average molecular weight is 701 g/mol. The fourth-order valence-corrected chi connectivity index (χ4v) is 8.33. The Morgan fingerprint density at radius 2 is 1.69 bits per heavy atom. The summed E-state index contributed by atoms with van der Waals surface area (Å²) in [6, 6.07) is 11.7. The third-order valence-corrected chi connectivity index (χ3v) is 10.6. The highest BCUT2D eigenvalue weighted by atomic mass is 35.5. The van der Waals surface area contributed by atoms with Crippen molar-refractivity contribution in [3.05, 3.63) is 98.7 Å². The maximum absolute atomic E-state index is 15.0. The summed E-state index contributed by atoms with van der Waals surface area (Å²) in [4.78, 5) is 59.5. The number of imide groups is 2. The van der Waals surface area contributed by atoms with E-state index in [1.54, 1.807) is 49.4 Å². The van der Waals surface area contributed by atoms with E-state index in [0.717, 1.165) is 0 Å². The molecule has 1 saturated carbocycles. The molecule has 6 atom stereocenters. The van der Waals surface area contributed by atoms with Crippen LogP contribution in [0.15, 0.2) is 66.4 Å². The molecule has 6 unspecified atom stereocenters. The van der Waals surface area contributed by atoms with Gasteiger partial charge in [-0.05, 0) is 66.6 Å². The van der Waals surface area contributed by atoms with Crippen molar-refractivity contribution in [3.63, 3.8) is 0 Å². The second-order valence-electron chi connectivity index (χ2n) is 12.5. The number of anilines is 1. The van der Waals surface area contributed by atoms with Crippen molar-refractivity contribution in [2.24, 2.45) is 23.7 Å². The lowest BCUT2D eigenvalue weighted by Gasteiger charge is -2.50. The second-order valence-corrected chi connectivity index (χ2v) is 13.3. The molecule has 15 heteroatoms. The number of carbonyl (C=O) groups excluding carboxylic acids is 4. The summed E-state index contributed by atoms with van der Waals surface area (Å²) in [5.74, 6) is -8.29. The number of nitrogens with zero attached hydrogens (tertiary/aromatic N) is 3. The Morgan fingerprint density at radius 3 is 2.33 bits per heavy atom. The van der Waals surface area contributed by atoms with Crippen LogP contribution in [-0.2, 0) is 30.8 Å². The van der Waals surface area contributed by atoms with Gasteiger partial charge in [-0.15, -0.1) is 0 Å². The van der Waals surface area contributed by atoms with Crippen molar-refractivity contribution in [3.8, 4) is 5.75 Å². The molecular formula is C33H25Cl2F3N4O6. The number of hydrogen-bond acceptors (Lipinski definition) is 8. The molecule has 2 aliphatic heterocycles. The smallest absolute Gasteiger partial charge is 0.417 e. The number of carbonyl (C=O) groups is 4. The number of hydrogen-bond donors (Lipinski definition) is 3. The molecule has 48 heavy (non-hydrogen) atoms. The second kappa shape index (κ2) is 11.0. The van der Waals surface area contributed by atoms with Crippen molar-refractivity contribution in [2.45, 2.75) is 37.3 Å². The number of rotatable bonds is 4. The van der Waals surface area contributed by atoms with Crippen LogP contribution in [0.25, 0.3) is 0 Å². The molecular weight excluding hydrogens is 676 g/mol. The van der Waals surface area contributed by atoms with Gasteiger partial charge in [0.2, 0.25) is 0 Å². The number of halogens is 5. The van der Waals surface area contributed by atoms with Crippen LogP contribution in [-0.4, -0.2) is 49.0 Å². The molecule has 248 valence electrons. The zero-order chi connectivity index (χ0) is 34.4. The standard InChI is InChI=1S/C33H25Cl2F3N4O6/c1-14-10-15(2-9-24(14)43)26-19-7-8-20-25(30(46)42(48)28(20)44)21(19)12-22-29(45)41(31(47)32(22,26)16-3-5-18(34)6-4-16)40-27-23(35)11-17(13-39-27)33(36,37)38/h2-7,9-11,13,20-22,25-26,43,48H,8,12H2,1H3,(H,39,40). The Balaban J connectivity index is 1.44. The van der Waals surface area contributed by atoms with Crippen molar-refractivity contribution in [1.82, 2.24) is 15.1 Å². The van der Waals surface area contributed by atoms with E-state index in [-0.39, 0.29) is 29.5 Å². The van der Waals surface area contributed by atoms with Crippen LogP contribution in [0, 0.1) is 30.6 Å². The molecule has 0 bridgehead atoms. The lowest BCUT2D eigenvalue weighted by molar-refractivity contribution is -0.173. The van der Waals surface area contributed by atoms with Crippen LogP contribution in [0.5, 0.6) is 5.75 Å². The average Bonchev–Trinajstić information content (AvgIpc) is 3.39. The molecule has 10 nitrogen and oxygen atoms in total. The van der Waals surface area contributed by atoms with Gasteiger partial charge in [0.05, 0.1) is 33.8 Å². The summed E-state index contributed by atoms with van der Waals surface area (Å²) in [6.45, 7) is 1.66. The van der Waals surface area contributed by atoms with E-state index in [4.69, 9.17) is 23.2 Å². The Kier molecular flexibility index (Phi) is 7.38. The Labute approximate surface area is 280 Å². The molecule has 3 heterocycles. The number of benzene rings is 2. The van der Waals surface area contributed by atoms with E-state index >= 15 is 4.79 Å². The number of nitrogens with one attached hydrogen (secondary N) is 1. The number of amides is 4. The van der Waals surface area contributed by atoms with Crippen molar-refractivity contribution in [1.29, 1.82) is 0 Å². The van der Waals surface area contributed by atoms with E-state index in [9.17, 15) is 37.9 Å². The molecule has 3 N–H and O–H groups in total. The zero-order valence-electron chi connectivity index (χ0n) is 24.8. The number of phenolic OH excluding ortho intramolecular Hbond substituents is 1. The van der Waals surface area contributed by atoms with Crippen molar-refractivity contribution in [2.75, 3.05) is 5.43 Å². The van der Waals surface area contributed by atoms with Gasteiger partial charge in [-0.3, -0.25) is 29.8 Å². The maximum atomic E-state index is 15.0. The minimum absolute atomic E-state index is 0.0199. The molecule has 0 radical (unpaired) electrons. The summed E-state index contributed by atoms with van der Waals surface area (Å²) < 4.78 is 40.0. The third kappa shape index (κ3) is 4.55. The lowest BCUT2D eigenvalue weighted by atomic mass is 9.49. The molecule has 7 rings (SSSR count). The molecule has 3 aromatic rings. The van der Waals surface area contributed by atoms with Gasteiger partial charge in [0.1, 0.15) is 5.75 Å². The summed E-state index contributed by atoms with van der Waals surface area (Å²) in [5.41, 5.74) is 1.69. The molecule has 2 saturated heterocycles. The Hall–Kier alpha value is -4.46. The predicted molar refractivity (Wildman–Crippen MR) is 163 cm³/mol. The number of alkyl halides is 3. The van der Waals surface area contributed by atoms with E-state index in [1.165, 1.54) is 6.07 Å². The van der Waals surface area contributed by atoms with Crippen LogP contribution in [0.1, 0.15) is 41.0 Å². The lowest BCUT2D eigenvalue weighted by Crippen LogP contribution is -2.53. The highest BCUT2D eigenvalue weighted by molar-refractivity contribution is 6.33. The zero-order valence-corrected chi connectivity index (χ0v) is 26.3. The molecule has 4 aliphatic rings. The molecule has 0 spiro atoms. The van der Waals surface area contributed by atoms with Gasteiger partial charge in [0.15, 0.2) is 5.82 Å². The number of hydroxylamine groups is 2. The minimum atomic E-state index is -4.75. The van der Waals surface area contributed by atoms with Crippen molar-refractivity contribution < 1.29 is 42.7 Å². The molecule has 2 aromatic carbocycles. The molecule has 3 fully saturated rings. The summed E-state index contributed by atoms with van der Waals surface area (Å²) in [6.07, 6.45) is -2.46. The van der Waals surface area contributed by atoms with E-state index in [2.05, 4.69) is 10.4 Å². The van der Waals surface area contributed by atoms with E-state index < -0.39 is 75.4 Å². The van der Waals surface area contributed by atoms with Gasteiger partial charge in [0.25, 0.3) is 23.6 Å². The van der Waals surface area contributed by atoms with Crippen molar-refractivity contribution >= 4 is 52.6 Å². The highest BCUT2D eigenvalue weighted by Gasteiger charge is 2.70. The monoisotopic (exact) mass is 700 g/mol. The van der Waals surface area contributed by atoms with E-state index in [1.807, 2.05) is 0 Å². The number of allylic oxidation sites excluding steroid dienone is 2. The fourth-order valence-electron chi connectivity index (χ4n) is 8.00. The quantitative estimate of drug-likeness (QED) is 0.176.